The van der Waals surface area contributed by atoms with Crippen molar-refractivity contribution in [1.29, 1.82) is 0 Å². The highest BCUT2D eigenvalue weighted by molar-refractivity contribution is 9.10. The molecule has 0 spiro atoms. The van der Waals surface area contributed by atoms with E-state index in [9.17, 15) is 4.79 Å². The number of rotatable bonds is 6. The summed E-state index contributed by atoms with van der Waals surface area (Å²) in [5, 5.41) is 7.11. The van der Waals surface area contributed by atoms with Gasteiger partial charge in [0.05, 0.1) is 6.54 Å². The van der Waals surface area contributed by atoms with Crippen LogP contribution in [0.15, 0.2) is 33.3 Å². The molecule has 6 nitrogen and oxygen atoms in total. The number of likely N-dealkylation sites (tertiary alicyclic amines) is 1. The number of carbonyl (C=O) groups excluding carboxylic acids is 1. The van der Waals surface area contributed by atoms with E-state index in [1.54, 1.807) is 0 Å². The average Bonchev–Trinajstić information content (AvgIpc) is 3.09. The number of hydrogen-bond acceptors (Lipinski definition) is 5. The highest BCUT2D eigenvalue weighted by Crippen LogP contribution is 2.21. The van der Waals surface area contributed by atoms with Gasteiger partial charge >= 0.3 is 0 Å². The van der Waals surface area contributed by atoms with Crippen LogP contribution in [0.5, 0.6) is 0 Å². The zero-order valence-electron chi connectivity index (χ0n) is 15.2. The molecule has 1 aromatic carbocycles. The van der Waals surface area contributed by atoms with Crippen LogP contribution in [0.3, 0.4) is 0 Å². The van der Waals surface area contributed by atoms with E-state index in [0.29, 0.717) is 24.2 Å². The van der Waals surface area contributed by atoms with Crippen LogP contribution < -0.4 is 5.32 Å². The van der Waals surface area contributed by atoms with E-state index < -0.39 is 0 Å². The summed E-state index contributed by atoms with van der Waals surface area (Å²) in [6.45, 7) is 7.33. The third kappa shape index (κ3) is 5.14. The quantitative estimate of drug-likeness (QED) is 0.774. The summed E-state index contributed by atoms with van der Waals surface area (Å²) in [4.78, 5) is 18.9. The van der Waals surface area contributed by atoms with E-state index in [1.165, 1.54) is 0 Å². The number of halogens is 1. The summed E-state index contributed by atoms with van der Waals surface area (Å²) in [7, 11) is 0. The van der Waals surface area contributed by atoms with Crippen molar-refractivity contribution in [1.82, 2.24) is 20.4 Å². The summed E-state index contributed by atoms with van der Waals surface area (Å²) in [6.07, 6.45) is 1.75. The number of aromatic nitrogens is 2. The molecule has 2 aromatic rings. The first-order valence-electron chi connectivity index (χ1n) is 9.10. The second-order valence-electron chi connectivity index (χ2n) is 7.21. The van der Waals surface area contributed by atoms with E-state index in [1.807, 2.05) is 24.3 Å². The lowest BCUT2D eigenvalue weighted by molar-refractivity contribution is -0.126. The van der Waals surface area contributed by atoms with Gasteiger partial charge in [-0.3, -0.25) is 9.69 Å². The molecule has 1 N–H and O–H groups in total. The molecule has 140 valence electrons. The summed E-state index contributed by atoms with van der Waals surface area (Å²) < 4.78 is 6.42. The van der Waals surface area contributed by atoms with Crippen LogP contribution >= 0.6 is 15.9 Å². The lowest BCUT2D eigenvalue weighted by Gasteiger charge is -2.30. The molecule has 0 aliphatic carbocycles. The average molecular weight is 421 g/mol. The Kier molecular flexibility index (Phi) is 6.43. The van der Waals surface area contributed by atoms with Crippen LogP contribution in [0.2, 0.25) is 0 Å². The van der Waals surface area contributed by atoms with Crippen molar-refractivity contribution < 1.29 is 9.32 Å². The molecule has 0 atom stereocenters. The molecule has 1 amide bonds. The maximum atomic E-state index is 12.2. The zero-order chi connectivity index (χ0) is 18.5. The molecule has 0 bridgehead atoms. The minimum Gasteiger partial charge on any atom is -0.356 e. The van der Waals surface area contributed by atoms with Gasteiger partial charge in [0.15, 0.2) is 0 Å². The monoisotopic (exact) mass is 420 g/mol. The fraction of sp³-hybridized carbons (Fsp3) is 0.526. The number of nitrogens with zero attached hydrogens (tertiary/aromatic N) is 3. The number of nitrogens with one attached hydrogen (secondary N) is 1. The smallest absolute Gasteiger partial charge is 0.241 e. The van der Waals surface area contributed by atoms with Crippen molar-refractivity contribution in [3.8, 4) is 11.4 Å². The van der Waals surface area contributed by atoms with Gasteiger partial charge in [0.25, 0.3) is 0 Å². The van der Waals surface area contributed by atoms with Gasteiger partial charge in [-0.15, -0.1) is 0 Å². The Balaban J connectivity index is 1.49. The first-order chi connectivity index (χ1) is 12.5. The summed E-state index contributed by atoms with van der Waals surface area (Å²) >= 11 is 3.42. The first kappa shape index (κ1) is 19.0. The summed E-state index contributed by atoms with van der Waals surface area (Å²) in [5.74, 6) is 2.01. The maximum Gasteiger partial charge on any atom is 0.241 e. The van der Waals surface area contributed by atoms with Crippen molar-refractivity contribution in [2.24, 2.45) is 11.8 Å². The van der Waals surface area contributed by atoms with Gasteiger partial charge in [0.2, 0.25) is 17.6 Å². The van der Waals surface area contributed by atoms with Crippen molar-refractivity contribution in [3.05, 3.63) is 34.6 Å². The fourth-order valence-electron chi connectivity index (χ4n) is 3.03. The zero-order valence-corrected chi connectivity index (χ0v) is 16.8. The van der Waals surface area contributed by atoms with E-state index in [0.717, 1.165) is 42.5 Å². The molecule has 1 aromatic heterocycles. The molecule has 0 radical (unpaired) electrons. The second kappa shape index (κ2) is 8.77. The van der Waals surface area contributed by atoms with Crippen LogP contribution in [0.4, 0.5) is 0 Å². The molecule has 1 fully saturated rings. The number of carbonyl (C=O) groups is 1. The molecular formula is C19H25BrN4O2. The van der Waals surface area contributed by atoms with E-state index in [-0.39, 0.29) is 11.8 Å². The molecule has 0 saturated carbocycles. The topological polar surface area (TPSA) is 71.3 Å². The predicted octanol–water partition coefficient (Wildman–Crippen LogP) is 3.48. The molecule has 26 heavy (non-hydrogen) atoms. The Morgan fingerprint density at radius 2 is 2.00 bits per heavy atom. The van der Waals surface area contributed by atoms with Crippen molar-refractivity contribution >= 4 is 21.8 Å². The van der Waals surface area contributed by atoms with Gasteiger partial charge in [-0.05, 0) is 56.1 Å². The summed E-state index contributed by atoms with van der Waals surface area (Å²) in [5.41, 5.74) is 0.934. The lowest BCUT2D eigenvalue weighted by atomic mass is 9.95. The third-order valence-electron chi connectivity index (χ3n) is 4.57. The minimum absolute atomic E-state index is 0.117. The Bertz CT molecular complexity index is 721. The highest BCUT2D eigenvalue weighted by atomic mass is 79.9. The normalized spacial score (nSPS) is 16.2. The van der Waals surface area contributed by atoms with Crippen LogP contribution in [-0.4, -0.2) is 40.6 Å². The maximum absolute atomic E-state index is 12.2. The molecule has 1 saturated heterocycles. The van der Waals surface area contributed by atoms with Crippen LogP contribution in [-0.2, 0) is 11.3 Å². The second-order valence-corrected chi connectivity index (χ2v) is 8.12. The van der Waals surface area contributed by atoms with Crippen LogP contribution in [0.25, 0.3) is 11.4 Å². The Morgan fingerprint density at radius 1 is 1.31 bits per heavy atom. The molecular weight excluding hydrogens is 396 g/mol. The molecule has 7 heteroatoms. The van der Waals surface area contributed by atoms with Crippen LogP contribution in [0, 0.1) is 11.8 Å². The number of benzene rings is 1. The van der Waals surface area contributed by atoms with Crippen LogP contribution in [0.1, 0.15) is 32.6 Å². The van der Waals surface area contributed by atoms with E-state index in [2.05, 4.69) is 50.1 Å². The number of amides is 1. The summed E-state index contributed by atoms with van der Waals surface area (Å²) in [6, 6.07) is 7.83. The Labute approximate surface area is 162 Å². The highest BCUT2D eigenvalue weighted by Gasteiger charge is 2.25. The fourth-order valence-corrected chi connectivity index (χ4v) is 3.29. The Hall–Kier alpha value is -1.73. The number of hydrogen-bond donors (Lipinski definition) is 1. The van der Waals surface area contributed by atoms with E-state index in [4.69, 9.17) is 4.52 Å². The van der Waals surface area contributed by atoms with Crippen molar-refractivity contribution in [3.63, 3.8) is 0 Å². The van der Waals surface area contributed by atoms with E-state index >= 15 is 0 Å². The largest absolute Gasteiger partial charge is 0.356 e. The molecule has 0 unspecified atom stereocenters. The van der Waals surface area contributed by atoms with Crippen molar-refractivity contribution in [2.45, 2.75) is 33.2 Å². The molecule has 3 rings (SSSR count). The molecule has 1 aliphatic rings. The molecule has 1 aliphatic heterocycles. The standard InChI is InChI=1S/C19H25BrN4O2/c1-13(2)11-21-19(25)15-7-9-24(10-8-15)12-17-22-18(23-26-17)14-3-5-16(20)6-4-14/h3-6,13,15H,7-12H2,1-2H3,(H,21,25). The third-order valence-corrected chi connectivity index (χ3v) is 5.10. The SMILES string of the molecule is CC(C)CNC(=O)C1CCN(Cc2nc(-c3ccc(Br)cc3)no2)CC1. The predicted molar refractivity (Wildman–Crippen MR) is 103 cm³/mol. The Morgan fingerprint density at radius 3 is 2.65 bits per heavy atom. The lowest BCUT2D eigenvalue weighted by Crippen LogP contribution is -2.41. The minimum atomic E-state index is 0.117. The molecule has 2 heterocycles. The number of piperidine rings is 1. The van der Waals surface area contributed by atoms with Gasteiger partial charge in [-0.1, -0.05) is 34.9 Å². The van der Waals surface area contributed by atoms with Gasteiger partial charge in [0.1, 0.15) is 0 Å². The first-order valence-corrected chi connectivity index (χ1v) is 9.89. The van der Waals surface area contributed by atoms with Gasteiger partial charge in [-0.2, -0.15) is 4.98 Å². The van der Waals surface area contributed by atoms with Gasteiger partial charge < -0.3 is 9.84 Å². The van der Waals surface area contributed by atoms with Gasteiger partial charge in [-0.25, -0.2) is 0 Å². The van der Waals surface area contributed by atoms with Crippen molar-refractivity contribution in [2.75, 3.05) is 19.6 Å². The van der Waals surface area contributed by atoms with Gasteiger partial charge in [0, 0.05) is 22.5 Å².